The number of carbonyl (C=O) groups excluding carboxylic acids is 1. The van der Waals surface area contributed by atoms with Crippen molar-refractivity contribution < 1.29 is 38.0 Å². The summed E-state index contributed by atoms with van der Waals surface area (Å²) in [6.45, 7) is 2.65. The van der Waals surface area contributed by atoms with Crippen LogP contribution in [-0.2, 0) is 4.79 Å². The maximum atomic E-state index is 13.4. The molecule has 14 heteroatoms. The number of aliphatic hydroxyl groups is 2. The summed E-state index contributed by atoms with van der Waals surface area (Å²) in [6, 6.07) is 2.76. The highest BCUT2D eigenvalue weighted by Crippen LogP contribution is 2.27. The van der Waals surface area contributed by atoms with Gasteiger partial charge in [0.05, 0.1) is 16.9 Å². The topological polar surface area (TPSA) is 153 Å². The lowest BCUT2D eigenvalue weighted by Gasteiger charge is -2.23. The minimum Gasteiger partial charge on any atom is -0.387 e. The van der Waals surface area contributed by atoms with Crippen molar-refractivity contribution in [2.75, 3.05) is 12.3 Å². The van der Waals surface area contributed by atoms with Gasteiger partial charge in [-0.1, -0.05) is 11.8 Å². The number of hydroxylamine groups is 1. The smallest absolute Gasteiger partial charge is 0.266 e. The number of amides is 1. The van der Waals surface area contributed by atoms with E-state index in [1.165, 1.54) is 13.8 Å². The van der Waals surface area contributed by atoms with Gasteiger partial charge in [0, 0.05) is 12.3 Å². The second kappa shape index (κ2) is 10.6. The first kappa shape index (κ1) is 24.6. The second-order valence-corrected chi connectivity index (χ2v) is 7.78. The van der Waals surface area contributed by atoms with E-state index < -0.39 is 35.4 Å². The van der Waals surface area contributed by atoms with Crippen LogP contribution in [-0.4, -0.2) is 61.5 Å². The van der Waals surface area contributed by atoms with E-state index in [4.69, 9.17) is 0 Å². The predicted molar refractivity (Wildman–Crippen MR) is 103 cm³/mol. The number of aliphatic hydroxyl groups excluding tert-OH is 1. The number of halogens is 3. The van der Waals surface area contributed by atoms with Gasteiger partial charge >= 0.3 is 0 Å². The monoisotopic (exact) mass is 463 g/mol. The van der Waals surface area contributed by atoms with Gasteiger partial charge in [-0.25, -0.2) is 22.8 Å². The SMILES string of the molecule is CC(C)(O)C(O)C(=O)NCCSc1nonc1C(=Nc1ccc(F)c(C(F)F)c1)NO. The number of aromatic nitrogens is 2. The number of rotatable bonds is 9. The molecule has 0 aliphatic carbocycles. The lowest BCUT2D eigenvalue weighted by atomic mass is 10.0. The van der Waals surface area contributed by atoms with E-state index >= 15 is 0 Å². The number of hydrogen-bond donors (Lipinski definition) is 5. The number of nitrogens with one attached hydrogen (secondary N) is 2. The van der Waals surface area contributed by atoms with E-state index in [0.29, 0.717) is 0 Å². The fourth-order valence-corrected chi connectivity index (χ4v) is 2.94. The largest absolute Gasteiger partial charge is 0.387 e. The average Bonchev–Trinajstić information content (AvgIpc) is 3.17. The number of amidine groups is 1. The molecule has 10 nitrogen and oxygen atoms in total. The fraction of sp³-hybridized carbons (Fsp3) is 0.412. The fourth-order valence-electron chi connectivity index (χ4n) is 2.19. The van der Waals surface area contributed by atoms with Crippen LogP contribution in [0.3, 0.4) is 0 Å². The van der Waals surface area contributed by atoms with E-state index in [1.807, 2.05) is 0 Å². The van der Waals surface area contributed by atoms with Crippen LogP contribution in [0.5, 0.6) is 0 Å². The van der Waals surface area contributed by atoms with Crippen molar-refractivity contribution >= 4 is 29.2 Å². The molecule has 0 radical (unpaired) electrons. The first-order chi connectivity index (χ1) is 14.5. The molecule has 1 aromatic heterocycles. The normalized spacial score (nSPS) is 13.4. The van der Waals surface area contributed by atoms with Gasteiger partial charge in [-0.15, -0.1) is 0 Å². The van der Waals surface area contributed by atoms with Gasteiger partial charge in [-0.3, -0.25) is 15.5 Å². The summed E-state index contributed by atoms with van der Waals surface area (Å²) in [4.78, 5) is 15.7. The summed E-state index contributed by atoms with van der Waals surface area (Å²) >= 11 is 1.04. The lowest BCUT2D eigenvalue weighted by molar-refractivity contribution is -0.141. The number of aliphatic imine (C=N–C) groups is 1. The summed E-state index contributed by atoms with van der Waals surface area (Å²) in [5.74, 6) is -1.92. The van der Waals surface area contributed by atoms with E-state index in [1.54, 1.807) is 5.48 Å². The number of nitrogens with zero attached hydrogens (tertiary/aromatic N) is 3. The zero-order chi connectivity index (χ0) is 23.2. The van der Waals surface area contributed by atoms with Crippen LogP contribution in [0.2, 0.25) is 0 Å². The Morgan fingerprint density at radius 3 is 2.68 bits per heavy atom. The Morgan fingerprint density at radius 1 is 1.35 bits per heavy atom. The first-order valence-corrected chi connectivity index (χ1v) is 9.73. The number of thioether (sulfide) groups is 1. The lowest BCUT2D eigenvalue weighted by Crippen LogP contribution is -2.48. The van der Waals surface area contributed by atoms with Crippen LogP contribution in [0.4, 0.5) is 18.9 Å². The van der Waals surface area contributed by atoms with Crippen molar-refractivity contribution in [3.63, 3.8) is 0 Å². The molecule has 1 heterocycles. The van der Waals surface area contributed by atoms with E-state index in [-0.39, 0.29) is 34.5 Å². The van der Waals surface area contributed by atoms with E-state index in [0.717, 1.165) is 30.0 Å². The molecule has 0 fully saturated rings. The highest BCUT2D eigenvalue weighted by Gasteiger charge is 2.30. The summed E-state index contributed by atoms with van der Waals surface area (Å²) in [5.41, 5.74) is -0.841. The van der Waals surface area contributed by atoms with Crippen molar-refractivity contribution in [1.82, 2.24) is 21.1 Å². The summed E-state index contributed by atoms with van der Waals surface area (Å²) in [7, 11) is 0. The van der Waals surface area contributed by atoms with Crippen molar-refractivity contribution in [2.24, 2.45) is 4.99 Å². The molecule has 1 unspecified atom stereocenters. The van der Waals surface area contributed by atoms with Gasteiger partial charge in [0.1, 0.15) is 5.82 Å². The van der Waals surface area contributed by atoms with E-state index in [2.05, 4.69) is 25.3 Å². The molecular formula is C17H20F3N5O5S. The Balaban J connectivity index is 2.07. The molecule has 5 N–H and O–H groups in total. The molecule has 0 bridgehead atoms. The maximum Gasteiger partial charge on any atom is 0.266 e. The standard InChI is InChI=1S/C17H20F3N5O5S/c1-17(2,28)12(26)15(27)21-5-6-31-16-11(24-30-25-16)14(23-29)22-8-3-4-10(18)9(7-8)13(19)20/h3-4,7,12-13,26,28-29H,5-6H2,1-2H3,(H,21,27)(H,22,23). The predicted octanol–water partition coefficient (Wildman–Crippen LogP) is 1.54. The molecular weight excluding hydrogens is 443 g/mol. The third-order valence-electron chi connectivity index (χ3n) is 3.80. The molecule has 2 aromatic rings. The van der Waals surface area contributed by atoms with Crippen molar-refractivity contribution in [2.45, 2.75) is 37.0 Å². The van der Waals surface area contributed by atoms with Gasteiger partial charge < -0.3 is 15.5 Å². The van der Waals surface area contributed by atoms with Crippen LogP contribution < -0.4 is 10.8 Å². The Morgan fingerprint density at radius 2 is 2.06 bits per heavy atom. The minimum atomic E-state index is -3.05. The van der Waals surface area contributed by atoms with Gasteiger partial charge in [0.15, 0.2) is 22.7 Å². The molecule has 2 rings (SSSR count). The third kappa shape index (κ3) is 6.65. The van der Waals surface area contributed by atoms with Gasteiger partial charge in [0.2, 0.25) is 0 Å². The number of benzene rings is 1. The molecule has 0 aliphatic rings. The number of hydrogen-bond acceptors (Lipinski definition) is 9. The highest BCUT2D eigenvalue weighted by atomic mass is 32.2. The van der Waals surface area contributed by atoms with Crippen LogP contribution in [0, 0.1) is 5.82 Å². The second-order valence-electron chi connectivity index (χ2n) is 6.69. The zero-order valence-electron chi connectivity index (χ0n) is 16.3. The number of alkyl halides is 2. The van der Waals surface area contributed by atoms with Crippen LogP contribution in [0.15, 0.2) is 32.8 Å². The van der Waals surface area contributed by atoms with Gasteiger partial charge in [-0.2, -0.15) is 0 Å². The van der Waals surface area contributed by atoms with Crippen molar-refractivity contribution in [1.29, 1.82) is 0 Å². The third-order valence-corrected chi connectivity index (χ3v) is 4.75. The van der Waals surface area contributed by atoms with E-state index in [9.17, 15) is 33.4 Å². The Hall–Kier alpha value is -2.68. The van der Waals surface area contributed by atoms with Crippen molar-refractivity contribution in [3.8, 4) is 0 Å². The first-order valence-electron chi connectivity index (χ1n) is 8.74. The Kier molecular flexibility index (Phi) is 8.38. The molecule has 1 aromatic carbocycles. The summed E-state index contributed by atoms with van der Waals surface area (Å²) in [6.07, 6.45) is -4.67. The Bertz CT molecular complexity index is 935. The van der Waals surface area contributed by atoms with Crippen LogP contribution >= 0.6 is 11.8 Å². The Labute approximate surface area is 178 Å². The molecule has 170 valence electrons. The van der Waals surface area contributed by atoms with Crippen molar-refractivity contribution in [3.05, 3.63) is 35.3 Å². The highest BCUT2D eigenvalue weighted by molar-refractivity contribution is 7.99. The van der Waals surface area contributed by atoms with Crippen LogP contribution in [0.1, 0.15) is 31.5 Å². The molecule has 0 aliphatic heterocycles. The molecule has 31 heavy (non-hydrogen) atoms. The molecule has 0 saturated heterocycles. The van der Waals surface area contributed by atoms with Gasteiger partial charge in [-0.05, 0) is 42.4 Å². The zero-order valence-corrected chi connectivity index (χ0v) is 17.2. The molecule has 0 saturated carbocycles. The molecule has 0 spiro atoms. The summed E-state index contributed by atoms with van der Waals surface area (Å²) < 4.78 is 43.8. The number of carbonyl (C=O) groups is 1. The maximum absolute atomic E-state index is 13.4. The molecule has 1 amide bonds. The quantitative estimate of drug-likeness (QED) is 0.123. The van der Waals surface area contributed by atoms with Crippen LogP contribution in [0.25, 0.3) is 0 Å². The summed E-state index contributed by atoms with van der Waals surface area (Å²) in [5, 5.41) is 38.5. The average molecular weight is 463 g/mol. The molecule has 1 atom stereocenters. The minimum absolute atomic E-state index is 0.0572. The van der Waals surface area contributed by atoms with Gasteiger partial charge in [0.25, 0.3) is 12.3 Å².